The maximum Gasteiger partial charge on any atom is 0.170 e. The molecule has 7 heteroatoms. The molecule has 1 saturated carbocycles. The van der Waals surface area contributed by atoms with Gasteiger partial charge < -0.3 is 4.90 Å². The predicted molar refractivity (Wildman–Crippen MR) is 110 cm³/mol. The molecule has 29 heavy (non-hydrogen) atoms. The molecule has 0 atom stereocenters. The number of imidazole rings is 1. The third-order valence-corrected chi connectivity index (χ3v) is 6.24. The first-order valence-electron chi connectivity index (χ1n) is 10.3. The number of aldehydes is 1. The first kappa shape index (κ1) is 18.2. The Bertz CT molecular complexity index is 1030. The van der Waals surface area contributed by atoms with Gasteiger partial charge in [0.05, 0.1) is 17.6 Å². The SMILES string of the molecule is O=Cc1ccc2ncc(-c3ccc(N4CCN(C5CCCC5)CC4)c(F)c3)n2n1. The summed E-state index contributed by atoms with van der Waals surface area (Å²) in [6, 6.07) is 9.36. The minimum atomic E-state index is -0.238. The summed E-state index contributed by atoms with van der Waals surface area (Å²) in [7, 11) is 0. The van der Waals surface area contributed by atoms with Crippen LogP contribution in [0.2, 0.25) is 0 Å². The number of nitrogens with zero attached hydrogens (tertiary/aromatic N) is 5. The van der Waals surface area contributed by atoms with Crippen molar-refractivity contribution < 1.29 is 9.18 Å². The second kappa shape index (κ2) is 7.55. The lowest BCUT2D eigenvalue weighted by Crippen LogP contribution is -2.50. The Morgan fingerprint density at radius 2 is 1.83 bits per heavy atom. The van der Waals surface area contributed by atoms with E-state index in [1.54, 1.807) is 22.8 Å². The monoisotopic (exact) mass is 393 g/mol. The van der Waals surface area contributed by atoms with Crippen LogP contribution in [0, 0.1) is 5.82 Å². The number of anilines is 1. The molecule has 1 aliphatic heterocycles. The standard InChI is InChI=1S/C22H24FN5O/c23-19-13-16(21-14-24-22-8-6-17(15-29)25-28(21)22)5-7-20(19)27-11-9-26(10-12-27)18-3-1-2-4-18/h5-8,13-15,18H,1-4,9-12H2. The molecule has 3 heterocycles. The van der Waals surface area contributed by atoms with Crippen molar-refractivity contribution in [2.24, 2.45) is 0 Å². The Hall–Kier alpha value is -2.80. The predicted octanol–water partition coefficient (Wildman–Crippen LogP) is 3.41. The minimum Gasteiger partial charge on any atom is -0.367 e. The van der Waals surface area contributed by atoms with Gasteiger partial charge in [0.1, 0.15) is 11.5 Å². The Balaban J connectivity index is 1.36. The molecule has 1 aliphatic carbocycles. The number of halogens is 1. The van der Waals surface area contributed by atoms with Gasteiger partial charge in [-0.05, 0) is 37.1 Å². The molecule has 1 saturated heterocycles. The largest absolute Gasteiger partial charge is 0.367 e. The van der Waals surface area contributed by atoms with Gasteiger partial charge in [0.2, 0.25) is 0 Å². The van der Waals surface area contributed by atoms with Crippen LogP contribution in [0.25, 0.3) is 16.9 Å². The normalized spacial score (nSPS) is 18.6. The van der Waals surface area contributed by atoms with Crippen LogP contribution in [-0.2, 0) is 0 Å². The van der Waals surface area contributed by atoms with Crippen LogP contribution in [-0.4, -0.2) is 58.0 Å². The number of aromatic nitrogens is 3. The van der Waals surface area contributed by atoms with E-state index in [2.05, 4.69) is 19.9 Å². The smallest absolute Gasteiger partial charge is 0.170 e. The lowest BCUT2D eigenvalue weighted by Gasteiger charge is -2.39. The summed E-state index contributed by atoms with van der Waals surface area (Å²) in [4.78, 5) is 20.1. The molecule has 0 bridgehead atoms. The molecular weight excluding hydrogens is 369 g/mol. The van der Waals surface area contributed by atoms with Gasteiger partial charge in [0, 0.05) is 37.8 Å². The zero-order valence-electron chi connectivity index (χ0n) is 16.3. The van der Waals surface area contributed by atoms with Gasteiger partial charge in [-0.2, -0.15) is 5.10 Å². The highest BCUT2D eigenvalue weighted by Crippen LogP contribution is 2.29. The molecule has 0 N–H and O–H groups in total. The topological polar surface area (TPSA) is 53.7 Å². The zero-order valence-corrected chi connectivity index (χ0v) is 16.3. The van der Waals surface area contributed by atoms with Crippen LogP contribution < -0.4 is 4.90 Å². The average Bonchev–Trinajstić information content (AvgIpc) is 3.43. The highest BCUT2D eigenvalue weighted by Gasteiger charge is 2.27. The van der Waals surface area contributed by atoms with Crippen molar-refractivity contribution in [3.05, 3.63) is 48.0 Å². The lowest BCUT2D eigenvalue weighted by atomic mass is 10.1. The van der Waals surface area contributed by atoms with Crippen molar-refractivity contribution in [1.82, 2.24) is 19.5 Å². The van der Waals surface area contributed by atoms with E-state index in [0.29, 0.717) is 34.6 Å². The van der Waals surface area contributed by atoms with E-state index in [-0.39, 0.29) is 5.82 Å². The number of carbonyl (C=O) groups excluding carboxylic acids is 1. The highest BCUT2D eigenvalue weighted by molar-refractivity contribution is 5.73. The number of hydrogen-bond acceptors (Lipinski definition) is 5. The Labute approximate surface area is 168 Å². The van der Waals surface area contributed by atoms with Gasteiger partial charge in [-0.25, -0.2) is 13.9 Å². The molecular formula is C22H24FN5O. The van der Waals surface area contributed by atoms with E-state index in [1.807, 2.05) is 12.1 Å². The lowest BCUT2D eigenvalue weighted by molar-refractivity contribution is 0.111. The molecule has 150 valence electrons. The fraction of sp³-hybridized carbons (Fsp3) is 0.409. The molecule has 2 fully saturated rings. The highest BCUT2D eigenvalue weighted by atomic mass is 19.1. The Morgan fingerprint density at radius 1 is 1.03 bits per heavy atom. The van der Waals surface area contributed by atoms with Crippen LogP contribution in [0.5, 0.6) is 0 Å². The van der Waals surface area contributed by atoms with Crippen molar-refractivity contribution in [3.8, 4) is 11.3 Å². The fourth-order valence-electron chi connectivity index (χ4n) is 4.67. The summed E-state index contributed by atoms with van der Waals surface area (Å²) in [5.74, 6) is -0.238. The van der Waals surface area contributed by atoms with Crippen LogP contribution in [0.1, 0.15) is 36.2 Å². The molecule has 3 aromatic rings. The van der Waals surface area contributed by atoms with Gasteiger partial charge in [-0.15, -0.1) is 0 Å². The number of fused-ring (bicyclic) bond motifs is 1. The molecule has 2 aromatic heterocycles. The third-order valence-electron chi connectivity index (χ3n) is 6.24. The number of piperazine rings is 1. The second-order valence-electron chi connectivity index (χ2n) is 7.92. The average molecular weight is 393 g/mol. The summed E-state index contributed by atoms with van der Waals surface area (Å²) in [6.45, 7) is 3.70. The number of rotatable bonds is 4. The molecule has 0 radical (unpaired) electrons. The molecule has 0 amide bonds. The van der Waals surface area contributed by atoms with Crippen molar-refractivity contribution in [3.63, 3.8) is 0 Å². The quantitative estimate of drug-likeness (QED) is 0.636. The molecule has 5 rings (SSSR count). The molecule has 1 aromatic carbocycles. The van der Waals surface area contributed by atoms with E-state index >= 15 is 4.39 Å². The van der Waals surface area contributed by atoms with Crippen LogP contribution >= 0.6 is 0 Å². The maximum atomic E-state index is 15.0. The summed E-state index contributed by atoms with van der Waals surface area (Å²) in [5.41, 5.74) is 2.95. The zero-order chi connectivity index (χ0) is 19.8. The fourth-order valence-corrected chi connectivity index (χ4v) is 4.67. The Kier molecular flexibility index (Phi) is 4.75. The first-order chi connectivity index (χ1) is 14.2. The Morgan fingerprint density at radius 3 is 2.55 bits per heavy atom. The van der Waals surface area contributed by atoms with E-state index in [0.717, 1.165) is 32.2 Å². The number of carbonyl (C=O) groups is 1. The molecule has 0 spiro atoms. The van der Waals surface area contributed by atoms with Crippen molar-refractivity contribution in [2.45, 2.75) is 31.7 Å². The molecule has 0 unspecified atom stereocenters. The first-order valence-corrected chi connectivity index (χ1v) is 10.3. The van der Waals surface area contributed by atoms with Gasteiger partial charge >= 0.3 is 0 Å². The van der Waals surface area contributed by atoms with Gasteiger partial charge in [-0.3, -0.25) is 9.69 Å². The number of benzene rings is 1. The van der Waals surface area contributed by atoms with Crippen LogP contribution in [0.3, 0.4) is 0 Å². The summed E-state index contributed by atoms with van der Waals surface area (Å²) in [6.07, 6.45) is 7.65. The van der Waals surface area contributed by atoms with Crippen molar-refractivity contribution >= 4 is 17.6 Å². The third kappa shape index (κ3) is 3.40. The minimum absolute atomic E-state index is 0.238. The second-order valence-corrected chi connectivity index (χ2v) is 7.92. The summed E-state index contributed by atoms with van der Waals surface area (Å²) >= 11 is 0. The van der Waals surface area contributed by atoms with Crippen molar-refractivity contribution in [2.75, 3.05) is 31.1 Å². The van der Waals surface area contributed by atoms with Crippen molar-refractivity contribution in [1.29, 1.82) is 0 Å². The van der Waals surface area contributed by atoms with Gasteiger partial charge in [-0.1, -0.05) is 18.9 Å². The van der Waals surface area contributed by atoms with Crippen LogP contribution in [0.15, 0.2) is 36.5 Å². The van der Waals surface area contributed by atoms with E-state index in [4.69, 9.17) is 0 Å². The van der Waals surface area contributed by atoms with Crippen LogP contribution in [0.4, 0.5) is 10.1 Å². The summed E-state index contributed by atoms with van der Waals surface area (Å²) < 4.78 is 16.6. The molecule has 2 aliphatic rings. The van der Waals surface area contributed by atoms with E-state index < -0.39 is 0 Å². The molecule has 6 nitrogen and oxygen atoms in total. The van der Waals surface area contributed by atoms with E-state index in [1.165, 1.54) is 31.7 Å². The van der Waals surface area contributed by atoms with Gasteiger partial charge in [0.15, 0.2) is 11.9 Å². The van der Waals surface area contributed by atoms with Gasteiger partial charge in [0.25, 0.3) is 0 Å². The summed E-state index contributed by atoms with van der Waals surface area (Å²) in [5, 5.41) is 4.27. The van der Waals surface area contributed by atoms with E-state index in [9.17, 15) is 4.79 Å². The maximum absolute atomic E-state index is 15.0. The number of hydrogen-bond donors (Lipinski definition) is 0.